The largest absolute Gasteiger partial charge is 0.368 e. The van der Waals surface area contributed by atoms with Crippen LogP contribution in [0.3, 0.4) is 0 Å². The van der Waals surface area contributed by atoms with Gasteiger partial charge in [0.15, 0.2) is 0 Å². The Morgan fingerprint density at radius 2 is 2.24 bits per heavy atom. The van der Waals surface area contributed by atoms with Crippen molar-refractivity contribution < 1.29 is 4.74 Å². The molecule has 2 N–H and O–H groups in total. The molecule has 1 fully saturated rings. The van der Waals surface area contributed by atoms with E-state index in [0.717, 1.165) is 30.2 Å². The fraction of sp³-hybridized carbons (Fsp3) is 0.769. The van der Waals surface area contributed by atoms with Crippen molar-refractivity contribution in [2.75, 3.05) is 13.2 Å². The lowest BCUT2D eigenvalue weighted by Crippen LogP contribution is -2.26. The molecule has 1 unspecified atom stereocenters. The van der Waals surface area contributed by atoms with Crippen LogP contribution in [0.25, 0.3) is 0 Å². The first-order valence-electron chi connectivity index (χ1n) is 6.52. The zero-order valence-corrected chi connectivity index (χ0v) is 11.6. The fourth-order valence-electron chi connectivity index (χ4n) is 2.48. The van der Waals surface area contributed by atoms with Gasteiger partial charge in [-0.1, -0.05) is 19.8 Å². The molecule has 0 spiro atoms. The van der Waals surface area contributed by atoms with Crippen LogP contribution in [0, 0.1) is 0 Å². The predicted molar refractivity (Wildman–Crippen MR) is 71.4 cm³/mol. The maximum absolute atomic E-state index is 6.02. The van der Waals surface area contributed by atoms with Crippen LogP contribution in [0.4, 0.5) is 0 Å². The smallest absolute Gasteiger partial charge is 0.125 e. The van der Waals surface area contributed by atoms with E-state index in [1.807, 2.05) is 0 Å². The Balaban J connectivity index is 2.22. The summed E-state index contributed by atoms with van der Waals surface area (Å²) in [5, 5.41) is 3.30. The number of hydrogen-bond acceptors (Lipinski definition) is 4. The first kappa shape index (κ1) is 13.0. The molecule has 1 aromatic rings. The molecule has 1 aliphatic rings. The maximum atomic E-state index is 6.02. The number of aromatic nitrogens is 1. The molecule has 0 bridgehead atoms. The van der Waals surface area contributed by atoms with Crippen LogP contribution in [-0.4, -0.2) is 18.1 Å². The number of rotatable bonds is 5. The summed E-state index contributed by atoms with van der Waals surface area (Å²) < 4.78 is 6.02. The topological polar surface area (TPSA) is 48.1 Å². The Morgan fingerprint density at radius 1 is 1.53 bits per heavy atom. The third-order valence-corrected chi connectivity index (χ3v) is 4.65. The fourth-order valence-corrected chi connectivity index (χ4v) is 3.64. The van der Waals surface area contributed by atoms with Crippen LogP contribution in [0.15, 0.2) is 5.38 Å². The Morgan fingerprint density at radius 3 is 2.82 bits per heavy atom. The average Bonchev–Trinajstić information content (AvgIpc) is 2.97. The summed E-state index contributed by atoms with van der Waals surface area (Å²) in [6, 6.07) is 0. The summed E-state index contributed by atoms with van der Waals surface area (Å²) >= 11 is 1.74. The molecular formula is C13H22N2OS. The molecule has 3 nitrogen and oxygen atoms in total. The van der Waals surface area contributed by atoms with Gasteiger partial charge in [0.2, 0.25) is 0 Å². The Labute approximate surface area is 107 Å². The molecule has 0 amide bonds. The van der Waals surface area contributed by atoms with E-state index in [-0.39, 0.29) is 5.60 Å². The first-order chi connectivity index (χ1) is 8.22. The second-order valence-corrected chi connectivity index (χ2v) is 5.71. The summed E-state index contributed by atoms with van der Waals surface area (Å²) in [4.78, 5) is 4.77. The summed E-state index contributed by atoms with van der Waals surface area (Å²) in [5.41, 5.74) is 6.72. The Bertz CT molecular complexity index is 358. The molecule has 0 aliphatic heterocycles. The lowest BCUT2D eigenvalue weighted by Gasteiger charge is -2.26. The van der Waals surface area contributed by atoms with Crippen molar-refractivity contribution in [3.63, 3.8) is 0 Å². The van der Waals surface area contributed by atoms with Gasteiger partial charge in [-0.2, -0.15) is 0 Å². The molecular weight excluding hydrogens is 232 g/mol. The second kappa shape index (κ2) is 5.46. The van der Waals surface area contributed by atoms with Gasteiger partial charge in [-0.05, 0) is 19.8 Å². The SMILES string of the molecule is CCOC1(c2nc(C(C)CN)cs2)CCCC1. The zero-order chi connectivity index (χ0) is 12.3. The number of thiazole rings is 1. The van der Waals surface area contributed by atoms with Gasteiger partial charge in [0.1, 0.15) is 10.6 Å². The number of hydrogen-bond donors (Lipinski definition) is 1. The molecule has 1 heterocycles. The Hall–Kier alpha value is -0.450. The second-order valence-electron chi connectivity index (χ2n) is 4.85. The van der Waals surface area contributed by atoms with Gasteiger partial charge in [-0.25, -0.2) is 4.98 Å². The molecule has 1 aromatic heterocycles. The van der Waals surface area contributed by atoms with Crippen LogP contribution in [0.2, 0.25) is 0 Å². The van der Waals surface area contributed by atoms with Crippen LogP contribution < -0.4 is 5.73 Å². The molecule has 0 aromatic carbocycles. The third-order valence-electron chi connectivity index (χ3n) is 3.60. The van der Waals surface area contributed by atoms with E-state index in [2.05, 4.69) is 19.2 Å². The third kappa shape index (κ3) is 2.54. The monoisotopic (exact) mass is 254 g/mol. The van der Waals surface area contributed by atoms with Crippen LogP contribution in [-0.2, 0) is 10.3 Å². The van der Waals surface area contributed by atoms with E-state index in [9.17, 15) is 0 Å². The van der Waals surface area contributed by atoms with E-state index in [1.54, 1.807) is 11.3 Å². The molecule has 96 valence electrons. The lowest BCUT2D eigenvalue weighted by molar-refractivity contribution is -0.0392. The standard InChI is InChI=1S/C13H22N2OS/c1-3-16-13(6-4-5-7-13)12-15-11(9-17-12)10(2)8-14/h9-10H,3-8,14H2,1-2H3. The van der Waals surface area contributed by atoms with Gasteiger partial charge in [-0.15, -0.1) is 11.3 Å². The molecule has 2 rings (SSSR count). The number of nitrogens with two attached hydrogens (primary N) is 1. The summed E-state index contributed by atoms with van der Waals surface area (Å²) in [6.45, 7) is 5.62. The van der Waals surface area contributed by atoms with Crippen LogP contribution >= 0.6 is 11.3 Å². The van der Waals surface area contributed by atoms with Crippen molar-refractivity contribution in [1.29, 1.82) is 0 Å². The van der Waals surface area contributed by atoms with E-state index < -0.39 is 0 Å². The van der Waals surface area contributed by atoms with E-state index in [1.165, 1.54) is 12.8 Å². The highest BCUT2D eigenvalue weighted by atomic mass is 32.1. The van der Waals surface area contributed by atoms with Crippen molar-refractivity contribution >= 4 is 11.3 Å². The summed E-state index contributed by atoms with van der Waals surface area (Å²) in [6.07, 6.45) is 4.73. The van der Waals surface area contributed by atoms with Crippen molar-refractivity contribution in [3.05, 3.63) is 16.1 Å². The average molecular weight is 254 g/mol. The molecule has 1 aliphatic carbocycles. The van der Waals surface area contributed by atoms with Gasteiger partial charge >= 0.3 is 0 Å². The number of ether oxygens (including phenoxy) is 1. The molecule has 17 heavy (non-hydrogen) atoms. The predicted octanol–water partition coefficient (Wildman–Crippen LogP) is 3.01. The first-order valence-corrected chi connectivity index (χ1v) is 7.39. The normalized spacial score (nSPS) is 20.6. The quantitative estimate of drug-likeness (QED) is 0.878. The highest BCUT2D eigenvalue weighted by Gasteiger charge is 2.39. The van der Waals surface area contributed by atoms with Crippen LogP contribution in [0.5, 0.6) is 0 Å². The van der Waals surface area contributed by atoms with Crippen LogP contribution in [0.1, 0.15) is 56.2 Å². The van der Waals surface area contributed by atoms with E-state index >= 15 is 0 Å². The maximum Gasteiger partial charge on any atom is 0.125 e. The van der Waals surface area contributed by atoms with Gasteiger partial charge in [-0.3, -0.25) is 0 Å². The Kier molecular flexibility index (Phi) is 4.17. The minimum absolute atomic E-state index is 0.0913. The number of nitrogens with zero attached hydrogens (tertiary/aromatic N) is 1. The molecule has 1 saturated carbocycles. The van der Waals surface area contributed by atoms with Gasteiger partial charge < -0.3 is 10.5 Å². The molecule has 0 radical (unpaired) electrons. The van der Waals surface area contributed by atoms with Gasteiger partial charge in [0.05, 0.1) is 5.69 Å². The highest BCUT2D eigenvalue weighted by molar-refractivity contribution is 7.09. The lowest BCUT2D eigenvalue weighted by atomic mass is 10.0. The van der Waals surface area contributed by atoms with Gasteiger partial charge in [0, 0.05) is 24.4 Å². The minimum Gasteiger partial charge on any atom is -0.368 e. The highest BCUT2D eigenvalue weighted by Crippen LogP contribution is 2.43. The van der Waals surface area contributed by atoms with Crippen molar-refractivity contribution in [2.45, 2.75) is 51.0 Å². The molecule has 4 heteroatoms. The van der Waals surface area contributed by atoms with Crippen molar-refractivity contribution in [2.24, 2.45) is 5.73 Å². The van der Waals surface area contributed by atoms with Crippen molar-refractivity contribution in [3.8, 4) is 0 Å². The molecule has 1 atom stereocenters. The van der Waals surface area contributed by atoms with E-state index in [0.29, 0.717) is 12.5 Å². The zero-order valence-electron chi connectivity index (χ0n) is 10.7. The molecule has 0 saturated heterocycles. The van der Waals surface area contributed by atoms with Crippen molar-refractivity contribution in [1.82, 2.24) is 4.98 Å². The summed E-state index contributed by atoms with van der Waals surface area (Å²) in [5.74, 6) is 0.347. The minimum atomic E-state index is -0.0913. The summed E-state index contributed by atoms with van der Waals surface area (Å²) in [7, 11) is 0. The van der Waals surface area contributed by atoms with E-state index in [4.69, 9.17) is 15.5 Å². The van der Waals surface area contributed by atoms with Gasteiger partial charge in [0.25, 0.3) is 0 Å².